The lowest BCUT2D eigenvalue weighted by molar-refractivity contribution is 0.0919. The molecule has 0 aromatic carbocycles. The molecule has 17 heavy (non-hydrogen) atoms. The second kappa shape index (κ2) is 4.52. The number of rotatable bonds is 5. The third-order valence-electron chi connectivity index (χ3n) is 3.91. The molecule has 2 N–H and O–H groups in total. The number of nitrogens with zero attached hydrogens (tertiary/aromatic N) is 1. The maximum absolute atomic E-state index is 11.8. The summed E-state index contributed by atoms with van der Waals surface area (Å²) in [6.07, 6.45) is 3.12. The molecule has 4 nitrogen and oxygen atoms in total. The van der Waals surface area contributed by atoms with E-state index in [-0.39, 0.29) is 11.3 Å². The van der Waals surface area contributed by atoms with Crippen LogP contribution in [-0.2, 0) is 9.84 Å². The molecule has 0 bridgehead atoms. The Kier molecular flexibility index (Phi) is 3.54. The Morgan fingerprint density at radius 2 is 2.06 bits per heavy atom. The highest BCUT2D eigenvalue weighted by Gasteiger charge is 2.49. The molecule has 2 fully saturated rings. The predicted octanol–water partition coefficient (Wildman–Crippen LogP) is 0.623. The van der Waals surface area contributed by atoms with E-state index in [2.05, 4.69) is 18.7 Å². The zero-order valence-electron chi connectivity index (χ0n) is 10.9. The maximum atomic E-state index is 11.8. The van der Waals surface area contributed by atoms with Gasteiger partial charge >= 0.3 is 0 Å². The summed E-state index contributed by atoms with van der Waals surface area (Å²) in [7, 11) is -2.87. The van der Waals surface area contributed by atoms with Crippen molar-refractivity contribution in [3.8, 4) is 0 Å². The van der Waals surface area contributed by atoms with Gasteiger partial charge in [0.2, 0.25) is 0 Å². The fraction of sp³-hybridized carbons (Fsp3) is 1.00. The summed E-state index contributed by atoms with van der Waals surface area (Å²) < 4.78 is 23.5. The van der Waals surface area contributed by atoms with Crippen molar-refractivity contribution in [1.29, 1.82) is 0 Å². The molecule has 1 unspecified atom stereocenters. The van der Waals surface area contributed by atoms with Crippen LogP contribution in [0.25, 0.3) is 0 Å². The van der Waals surface area contributed by atoms with Crippen molar-refractivity contribution >= 4 is 9.84 Å². The Labute approximate surface area is 104 Å². The SMILES string of the molecule is CC(C)CN(C1CC1)C1(CN)CCS(=O)(=O)C1. The summed E-state index contributed by atoms with van der Waals surface area (Å²) >= 11 is 0. The van der Waals surface area contributed by atoms with Gasteiger partial charge in [0, 0.05) is 24.7 Å². The van der Waals surface area contributed by atoms with Crippen LogP contribution >= 0.6 is 0 Å². The van der Waals surface area contributed by atoms with Gasteiger partial charge in [0.15, 0.2) is 9.84 Å². The van der Waals surface area contributed by atoms with E-state index in [1.165, 1.54) is 12.8 Å². The molecule has 1 heterocycles. The molecule has 0 radical (unpaired) electrons. The Bertz CT molecular complexity index is 376. The van der Waals surface area contributed by atoms with E-state index in [1.807, 2.05) is 0 Å². The molecule has 2 aliphatic rings. The van der Waals surface area contributed by atoms with Crippen LogP contribution in [0.3, 0.4) is 0 Å². The summed E-state index contributed by atoms with van der Waals surface area (Å²) in [5, 5.41) is 0. The van der Waals surface area contributed by atoms with Crippen molar-refractivity contribution in [2.24, 2.45) is 11.7 Å². The van der Waals surface area contributed by atoms with Crippen molar-refractivity contribution in [2.45, 2.75) is 44.7 Å². The largest absolute Gasteiger partial charge is 0.329 e. The average molecular weight is 260 g/mol. The van der Waals surface area contributed by atoms with Gasteiger partial charge in [-0.05, 0) is 25.2 Å². The Balaban J connectivity index is 2.20. The van der Waals surface area contributed by atoms with Crippen molar-refractivity contribution < 1.29 is 8.42 Å². The van der Waals surface area contributed by atoms with Crippen LogP contribution in [0.2, 0.25) is 0 Å². The van der Waals surface area contributed by atoms with Crippen LogP contribution in [0.15, 0.2) is 0 Å². The molecule has 1 saturated heterocycles. The molecule has 1 saturated carbocycles. The van der Waals surface area contributed by atoms with Gasteiger partial charge in [-0.2, -0.15) is 0 Å². The number of nitrogens with two attached hydrogens (primary N) is 1. The van der Waals surface area contributed by atoms with E-state index in [9.17, 15) is 8.42 Å². The first-order valence-electron chi connectivity index (χ1n) is 6.56. The van der Waals surface area contributed by atoms with Crippen molar-refractivity contribution in [3.05, 3.63) is 0 Å². The van der Waals surface area contributed by atoms with Gasteiger partial charge in [0.1, 0.15) is 0 Å². The standard InChI is InChI=1S/C12H24N2O2S/c1-10(2)7-14(11-3-4-11)12(8-13)5-6-17(15,16)9-12/h10-11H,3-9,13H2,1-2H3. The highest BCUT2D eigenvalue weighted by atomic mass is 32.2. The molecule has 1 aliphatic carbocycles. The van der Waals surface area contributed by atoms with Gasteiger partial charge < -0.3 is 5.73 Å². The molecule has 0 aromatic heterocycles. The molecule has 0 spiro atoms. The van der Waals surface area contributed by atoms with Crippen LogP contribution in [-0.4, -0.2) is 49.5 Å². The molecule has 2 rings (SSSR count). The summed E-state index contributed by atoms with van der Waals surface area (Å²) in [5.74, 6) is 1.13. The molecule has 0 amide bonds. The van der Waals surface area contributed by atoms with E-state index in [0.717, 1.165) is 13.0 Å². The monoisotopic (exact) mass is 260 g/mol. The Hall–Kier alpha value is -0.130. The first-order chi connectivity index (χ1) is 7.88. The van der Waals surface area contributed by atoms with E-state index in [0.29, 0.717) is 24.3 Å². The highest BCUT2D eigenvalue weighted by Crippen LogP contribution is 2.38. The Morgan fingerprint density at radius 1 is 1.41 bits per heavy atom. The van der Waals surface area contributed by atoms with Gasteiger partial charge in [0.05, 0.1) is 11.5 Å². The number of hydrogen-bond donors (Lipinski definition) is 1. The van der Waals surface area contributed by atoms with Crippen molar-refractivity contribution in [2.75, 3.05) is 24.6 Å². The van der Waals surface area contributed by atoms with Gasteiger partial charge in [-0.3, -0.25) is 4.90 Å². The maximum Gasteiger partial charge on any atom is 0.152 e. The molecule has 1 atom stereocenters. The van der Waals surface area contributed by atoms with Gasteiger partial charge in [-0.25, -0.2) is 8.42 Å². The third-order valence-corrected chi connectivity index (χ3v) is 5.71. The van der Waals surface area contributed by atoms with Crippen LogP contribution < -0.4 is 5.73 Å². The van der Waals surface area contributed by atoms with Crippen LogP contribution in [0.1, 0.15) is 33.1 Å². The predicted molar refractivity (Wildman–Crippen MR) is 69.6 cm³/mol. The van der Waals surface area contributed by atoms with Crippen LogP contribution in [0.4, 0.5) is 0 Å². The summed E-state index contributed by atoms with van der Waals surface area (Å²) in [5.41, 5.74) is 5.65. The fourth-order valence-electron chi connectivity index (χ4n) is 2.91. The molecule has 0 aromatic rings. The van der Waals surface area contributed by atoms with E-state index >= 15 is 0 Å². The smallest absolute Gasteiger partial charge is 0.152 e. The zero-order valence-corrected chi connectivity index (χ0v) is 11.7. The topological polar surface area (TPSA) is 63.4 Å². The number of hydrogen-bond acceptors (Lipinski definition) is 4. The lowest BCUT2D eigenvalue weighted by atomic mass is 9.95. The van der Waals surface area contributed by atoms with Crippen molar-refractivity contribution in [1.82, 2.24) is 4.90 Å². The number of sulfone groups is 1. The van der Waals surface area contributed by atoms with Gasteiger partial charge in [-0.15, -0.1) is 0 Å². The van der Waals surface area contributed by atoms with E-state index < -0.39 is 9.84 Å². The molecule has 100 valence electrons. The lowest BCUT2D eigenvalue weighted by Crippen LogP contribution is -2.57. The average Bonchev–Trinajstić information content (AvgIpc) is 3.00. The normalized spacial score (nSPS) is 32.5. The summed E-state index contributed by atoms with van der Waals surface area (Å²) in [6, 6.07) is 0.578. The van der Waals surface area contributed by atoms with E-state index in [1.54, 1.807) is 0 Å². The molecule has 1 aliphatic heterocycles. The summed E-state index contributed by atoms with van der Waals surface area (Å²) in [6.45, 7) is 5.80. The van der Waals surface area contributed by atoms with Gasteiger partial charge in [-0.1, -0.05) is 13.8 Å². The fourth-order valence-corrected chi connectivity index (χ4v) is 5.00. The van der Waals surface area contributed by atoms with E-state index in [4.69, 9.17) is 5.73 Å². The minimum atomic E-state index is -2.87. The molecular formula is C12H24N2O2S. The van der Waals surface area contributed by atoms with Crippen molar-refractivity contribution in [3.63, 3.8) is 0 Å². The zero-order chi connectivity index (χ0) is 12.7. The Morgan fingerprint density at radius 3 is 2.41 bits per heavy atom. The summed E-state index contributed by atoms with van der Waals surface area (Å²) in [4.78, 5) is 2.40. The highest BCUT2D eigenvalue weighted by molar-refractivity contribution is 7.91. The minimum absolute atomic E-state index is 0.264. The first-order valence-corrected chi connectivity index (χ1v) is 8.38. The third kappa shape index (κ3) is 2.83. The first kappa shape index (κ1) is 13.3. The lowest BCUT2D eigenvalue weighted by Gasteiger charge is -2.41. The second-order valence-electron chi connectivity index (χ2n) is 6.05. The van der Waals surface area contributed by atoms with Crippen LogP contribution in [0.5, 0.6) is 0 Å². The minimum Gasteiger partial charge on any atom is -0.329 e. The molecular weight excluding hydrogens is 236 g/mol. The van der Waals surface area contributed by atoms with Gasteiger partial charge in [0.25, 0.3) is 0 Å². The van der Waals surface area contributed by atoms with Crippen LogP contribution in [0, 0.1) is 5.92 Å². The quantitative estimate of drug-likeness (QED) is 0.787. The second-order valence-corrected chi connectivity index (χ2v) is 8.23. The molecule has 5 heteroatoms.